The maximum atomic E-state index is 15.1. The number of amides is 1. The van der Waals surface area contributed by atoms with Crippen LogP contribution in [0.4, 0.5) is 17.6 Å². The molecule has 0 aliphatic heterocycles. The largest absolute Gasteiger partial charge is 0.473 e. The Labute approximate surface area is 210 Å². The lowest BCUT2D eigenvalue weighted by Crippen LogP contribution is -2.50. The van der Waals surface area contributed by atoms with Gasteiger partial charge in [-0.3, -0.25) is 14.7 Å². The van der Waals surface area contributed by atoms with E-state index < -0.39 is 44.1 Å². The molecule has 0 saturated carbocycles. The van der Waals surface area contributed by atoms with Crippen molar-refractivity contribution >= 4 is 26.6 Å². The van der Waals surface area contributed by atoms with Crippen LogP contribution >= 0.6 is 0 Å². The molecule has 0 bridgehead atoms. The highest BCUT2D eigenvalue weighted by atomic mass is 32.2. The van der Waals surface area contributed by atoms with E-state index >= 15 is 4.39 Å². The summed E-state index contributed by atoms with van der Waals surface area (Å²) < 4.78 is 76.9. The molecule has 3 rings (SSSR count). The average molecular weight is 542 g/mol. The molecule has 2 N–H and O–H groups in total. The van der Waals surface area contributed by atoms with Crippen molar-refractivity contribution in [2.75, 3.05) is 12.8 Å². The van der Waals surface area contributed by atoms with Crippen molar-refractivity contribution in [3.05, 3.63) is 65.1 Å². The van der Waals surface area contributed by atoms with Crippen LogP contribution in [0.5, 0.6) is 0 Å². The number of rotatable bonds is 7. The van der Waals surface area contributed by atoms with E-state index in [1.165, 1.54) is 23.0 Å². The number of nitrogens with zero attached hydrogens (tertiary/aromatic N) is 3. The van der Waals surface area contributed by atoms with Crippen molar-refractivity contribution in [2.45, 2.75) is 37.4 Å². The SMILES string of the molecule is C[C@@](CCn1cc2c(F)c(C#Cc3ccc(CO)cc3)ccc2n1)(CN(O)C(=O)C(F)(F)F)S(C)(=O)=O. The predicted octanol–water partition coefficient (Wildman–Crippen LogP) is 3.04. The van der Waals surface area contributed by atoms with Gasteiger partial charge in [-0.1, -0.05) is 24.0 Å². The number of halogens is 4. The van der Waals surface area contributed by atoms with Crippen LogP contribution in [0.1, 0.15) is 30.0 Å². The third-order valence-electron chi connectivity index (χ3n) is 5.88. The summed E-state index contributed by atoms with van der Waals surface area (Å²) >= 11 is 0. The maximum Gasteiger partial charge on any atom is 0.473 e. The Morgan fingerprint density at radius 2 is 1.78 bits per heavy atom. The van der Waals surface area contributed by atoms with Crippen LogP contribution in [0, 0.1) is 17.7 Å². The molecule has 0 aliphatic carbocycles. The summed E-state index contributed by atoms with van der Waals surface area (Å²) in [6.07, 6.45) is -3.62. The molecule has 0 saturated heterocycles. The molecule has 0 fully saturated rings. The zero-order chi connectivity index (χ0) is 27.6. The minimum absolute atomic E-state index is 0.0841. The number of aliphatic hydroxyl groups is 1. The first-order valence-electron chi connectivity index (χ1n) is 10.8. The molecule has 37 heavy (non-hydrogen) atoms. The van der Waals surface area contributed by atoms with Crippen LogP contribution in [0.25, 0.3) is 10.9 Å². The number of carbonyl (C=O) groups excluding carboxylic acids is 1. The van der Waals surface area contributed by atoms with Gasteiger partial charge in [-0.25, -0.2) is 17.9 Å². The summed E-state index contributed by atoms with van der Waals surface area (Å²) in [5.74, 6) is 2.30. The van der Waals surface area contributed by atoms with E-state index in [0.29, 0.717) is 11.1 Å². The quantitative estimate of drug-likeness (QED) is 0.206. The van der Waals surface area contributed by atoms with Crippen LogP contribution in [0.3, 0.4) is 0 Å². The van der Waals surface area contributed by atoms with Crippen LogP contribution in [0.15, 0.2) is 42.6 Å². The molecular weight excluding hydrogens is 518 g/mol. The summed E-state index contributed by atoms with van der Waals surface area (Å²) in [4.78, 5) is 11.3. The van der Waals surface area contributed by atoms with Crippen LogP contribution < -0.4 is 0 Å². The number of fused-ring (bicyclic) bond motifs is 1. The zero-order valence-electron chi connectivity index (χ0n) is 19.8. The second kappa shape index (κ2) is 10.5. The molecule has 0 unspecified atom stereocenters. The fourth-order valence-electron chi connectivity index (χ4n) is 3.42. The van der Waals surface area contributed by atoms with Crippen LogP contribution in [-0.2, 0) is 27.8 Å². The fourth-order valence-corrected chi connectivity index (χ4v) is 4.24. The fraction of sp³-hybridized carbons (Fsp3) is 0.333. The van der Waals surface area contributed by atoms with Crippen LogP contribution in [0.2, 0.25) is 0 Å². The Morgan fingerprint density at radius 3 is 2.35 bits per heavy atom. The molecule has 3 aromatic rings. The summed E-state index contributed by atoms with van der Waals surface area (Å²) in [5.41, 5.74) is 1.64. The van der Waals surface area contributed by atoms with Gasteiger partial charge in [-0.15, -0.1) is 0 Å². The molecule has 1 aromatic heterocycles. The summed E-state index contributed by atoms with van der Waals surface area (Å²) in [5, 5.41) is 22.3. The van der Waals surface area contributed by atoms with E-state index in [9.17, 15) is 31.6 Å². The highest BCUT2D eigenvalue weighted by molar-refractivity contribution is 7.92. The predicted molar refractivity (Wildman–Crippen MR) is 125 cm³/mol. The van der Waals surface area contributed by atoms with Crippen molar-refractivity contribution in [3.8, 4) is 11.8 Å². The molecule has 1 atom stereocenters. The molecule has 1 amide bonds. The van der Waals surface area contributed by atoms with E-state index in [0.717, 1.165) is 13.2 Å². The summed E-state index contributed by atoms with van der Waals surface area (Å²) in [6, 6.07) is 9.68. The lowest BCUT2D eigenvalue weighted by Gasteiger charge is -2.31. The minimum Gasteiger partial charge on any atom is -0.392 e. The van der Waals surface area contributed by atoms with Gasteiger partial charge < -0.3 is 5.11 Å². The number of hydrogen-bond acceptors (Lipinski definition) is 6. The number of benzene rings is 2. The second-order valence-corrected chi connectivity index (χ2v) is 11.2. The molecule has 0 aliphatic rings. The van der Waals surface area contributed by atoms with Gasteiger partial charge in [0.15, 0.2) is 9.84 Å². The third kappa shape index (κ3) is 6.46. The first-order chi connectivity index (χ1) is 17.1. The molecule has 0 radical (unpaired) electrons. The Balaban J connectivity index is 1.82. The van der Waals surface area contributed by atoms with Gasteiger partial charge in [0.1, 0.15) is 5.82 Å². The Hall–Kier alpha value is -3.47. The Morgan fingerprint density at radius 1 is 1.14 bits per heavy atom. The third-order valence-corrected chi connectivity index (χ3v) is 8.00. The number of aromatic nitrogens is 2. The molecule has 1 heterocycles. The van der Waals surface area contributed by atoms with Gasteiger partial charge >= 0.3 is 12.1 Å². The molecule has 2 aromatic carbocycles. The van der Waals surface area contributed by atoms with E-state index in [4.69, 9.17) is 5.11 Å². The van der Waals surface area contributed by atoms with E-state index in [-0.39, 0.29) is 36.0 Å². The van der Waals surface area contributed by atoms with Gasteiger partial charge in [0.2, 0.25) is 0 Å². The normalized spacial score (nSPS) is 13.6. The number of hydroxylamine groups is 2. The van der Waals surface area contributed by atoms with Crippen molar-refractivity contribution in [1.29, 1.82) is 0 Å². The van der Waals surface area contributed by atoms with Gasteiger partial charge in [0, 0.05) is 24.6 Å². The van der Waals surface area contributed by atoms with E-state index in [1.54, 1.807) is 24.3 Å². The number of sulfone groups is 1. The van der Waals surface area contributed by atoms with Crippen molar-refractivity contribution in [3.63, 3.8) is 0 Å². The smallest absolute Gasteiger partial charge is 0.392 e. The first-order valence-corrected chi connectivity index (χ1v) is 12.7. The van der Waals surface area contributed by atoms with Gasteiger partial charge in [0.05, 0.1) is 34.4 Å². The second-order valence-electron chi connectivity index (χ2n) is 8.69. The maximum absolute atomic E-state index is 15.1. The van der Waals surface area contributed by atoms with Crippen molar-refractivity contribution in [1.82, 2.24) is 14.8 Å². The lowest BCUT2D eigenvalue weighted by atomic mass is 10.1. The lowest BCUT2D eigenvalue weighted by molar-refractivity contribution is -0.216. The highest BCUT2D eigenvalue weighted by Crippen LogP contribution is 2.27. The number of hydrogen-bond donors (Lipinski definition) is 2. The van der Waals surface area contributed by atoms with Crippen LogP contribution in [-0.4, -0.2) is 63.2 Å². The van der Waals surface area contributed by atoms with Gasteiger partial charge in [-0.2, -0.15) is 18.3 Å². The summed E-state index contributed by atoms with van der Waals surface area (Å²) in [6.45, 7) is -0.307. The molecule has 13 heteroatoms. The number of alkyl halides is 3. The monoisotopic (exact) mass is 541 g/mol. The van der Waals surface area contributed by atoms with Crippen molar-refractivity contribution < 1.29 is 41.1 Å². The minimum atomic E-state index is -5.38. The average Bonchev–Trinajstić information content (AvgIpc) is 3.25. The highest BCUT2D eigenvalue weighted by Gasteiger charge is 2.46. The Kier molecular flexibility index (Phi) is 7.97. The van der Waals surface area contributed by atoms with Crippen molar-refractivity contribution in [2.24, 2.45) is 0 Å². The topological polar surface area (TPSA) is 113 Å². The van der Waals surface area contributed by atoms with Gasteiger partial charge in [-0.05, 0) is 43.2 Å². The molecule has 8 nitrogen and oxygen atoms in total. The zero-order valence-corrected chi connectivity index (χ0v) is 20.6. The van der Waals surface area contributed by atoms with E-state index in [1.807, 2.05) is 0 Å². The number of carbonyl (C=O) groups is 1. The molecule has 0 spiro atoms. The first kappa shape index (κ1) is 28.1. The number of aliphatic hydroxyl groups excluding tert-OH is 1. The molecule has 198 valence electrons. The number of aryl methyl sites for hydroxylation is 1. The standard InChI is InChI=1S/C24H23F4N3O5S/c1-23(37(2,35)36,15-31(34)22(33)24(26,27)28)11-12-30-13-19-20(29-30)10-9-18(21(19)25)8-7-16-3-5-17(14-32)6-4-16/h3-6,9-10,13,32,34H,11-12,14-15H2,1-2H3/t23-/m1/s1. The summed E-state index contributed by atoms with van der Waals surface area (Å²) in [7, 11) is -4.06. The molecular formula is C24H23F4N3O5S. The van der Waals surface area contributed by atoms with Gasteiger partial charge in [0.25, 0.3) is 0 Å². The van der Waals surface area contributed by atoms with E-state index in [2.05, 4.69) is 16.9 Å². The Bertz CT molecular complexity index is 1470.